The van der Waals surface area contributed by atoms with E-state index in [1.165, 1.54) is 18.3 Å². The molecule has 1 aliphatic heterocycles. The number of nitrogens with zero attached hydrogens (tertiary/aromatic N) is 3. The highest BCUT2D eigenvalue weighted by molar-refractivity contribution is 6.03. The molecule has 6 heteroatoms. The molecule has 1 N–H and O–H groups in total. The number of amides is 1. The van der Waals surface area contributed by atoms with Crippen LogP contribution in [0.3, 0.4) is 0 Å². The normalized spacial score (nSPS) is 19.0. The SMILES string of the molecule is CN1CCC(CN(C)C(=O)c2ncccc2C(=O)O)C1. The zero-order valence-electron chi connectivity index (χ0n) is 11.7. The van der Waals surface area contributed by atoms with Crippen molar-refractivity contribution in [2.24, 2.45) is 5.92 Å². The summed E-state index contributed by atoms with van der Waals surface area (Å²) in [6.45, 7) is 2.63. The molecule has 1 saturated heterocycles. The number of aromatic carboxylic acids is 1. The Kier molecular flexibility index (Phi) is 4.34. The molecule has 108 valence electrons. The van der Waals surface area contributed by atoms with Gasteiger partial charge < -0.3 is 14.9 Å². The summed E-state index contributed by atoms with van der Waals surface area (Å²) in [5.74, 6) is -1.03. The molecule has 2 rings (SSSR count). The molecule has 0 aromatic carbocycles. The molecule has 1 fully saturated rings. The summed E-state index contributed by atoms with van der Waals surface area (Å²) >= 11 is 0. The van der Waals surface area contributed by atoms with E-state index in [4.69, 9.17) is 5.11 Å². The standard InChI is InChI=1S/C14H19N3O3/c1-16-7-5-10(8-16)9-17(2)13(18)12-11(14(19)20)4-3-6-15-12/h3-4,6,10H,5,7-9H2,1-2H3,(H,19,20). The molecule has 0 aliphatic carbocycles. The van der Waals surface area contributed by atoms with E-state index in [1.54, 1.807) is 11.9 Å². The lowest BCUT2D eigenvalue weighted by Crippen LogP contribution is -2.34. The number of carbonyl (C=O) groups is 2. The van der Waals surface area contributed by atoms with Crippen molar-refractivity contribution in [3.63, 3.8) is 0 Å². The molecule has 1 aromatic heterocycles. The first-order valence-electron chi connectivity index (χ1n) is 6.61. The maximum atomic E-state index is 12.3. The molecule has 2 heterocycles. The first-order chi connectivity index (χ1) is 9.49. The van der Waals surface area contributed by atoms with Gasteiger partial charge in [0.1, 0.15) is 5.69 Å². The van der Waals surface area contributed by atoms with Gasteiger partial charge in [0.15, 0.2) is 0 Å². The average Bonchev–Trinajstić information content (AvgIpc) is 2.83. The van der Waals surface area contributed by atoms with Gasteiger partial charge in [-0.3, -0.25) is 9.78 Å². The van der Waals surface area contributed by atoms with Crippen molar-refractivity contribution in [2.45, 2.75) is 6.42 Å². The summed E-state index contributed by atoms with van der Waals surface area (Å²) in [6, 6.07) is 2.92. The summed E-state index contributed by atoms with van der Waals surface area (Å²) < 4.78 is 0. The van der Waals surface area contributed by atoms with Crippen LogP contribution in [0.2, 0.25) is 0 Å². The number of rotatable bonds is 4. The summed E-state index contributed by atoms with van der Waals surface area (Å²) in [6.07, 6.45) is 2.50. The molecule has 6 nitrogen and oxygen atoms in total. The number of carboxylic acids is 1. The Morgan fingerprint density at radius 2 is 2.30 bits per heavy atom. The highest BCUT2D eigenvalue weighted by Crippen LogP contribution is 2.16. The van der Waals surface area contributed by atoms with Crippen molar-refractivity contribution in [2.75, 3.05) is 33.7 Å². The summed E-state index contributed by atoms with van der Waals surface area (Å²) in [4.78, 5) is 31.2. The number of carbonyl (C=O) groups excluding carboxylic acids is 1. The van der Waals surface area contributed by atoms with Gasteiger partial charge in [-0.1, -0.05) is 0 Å². The van der Waals surface area contributed by atoms with Crippen molar-refractivity contribution < 1.29 is 14.7 Å². The molecule has 1 amide bonds. The predicted molar refractivity (Wildman–Crippen MR) is 73.8 cm³/mol. The molecule has 0 spiro atoms. The van der Waals surface area contributed by atoms with Gasteiger partial charge in [0.2, 0.25) is 0 Å². The monoisotopic (exact) mass is 277 g/mol. The fourth-order valence-corrected chi connectivity index (χ4v) is 2.57. The second kappa shape index (κ2) is 6.00. The minimum absolute atomic E-state index is 0.00820. The van der Waals surface area contributed by atoms with Crippen molar-refractivity contribution in [3.05, 3.63) is 29.6 Å². The van der Waals surface area contributed by atoms with Crippen LogP contribution in [-0.2, 0) is 0 Å². The van der Waals surface area contributed by atoms with Gasteiger partial charge in [0, 0.05) is 26.3 Å². The third-order valence-electron chi connectivity index (χ3n) is 3.61. The predicted octanol–water partition coefficient (Wildman–Crippen LogP) is 0.803. The number of likely N-dealkylation sites (tertiary alicyclic amines) is 1. The molecular weight excluding hydrogens is 258 g/mol. The quantitative estimate of drug-likeness (QED) is 0.881. The topological polar surface area (TPSA) is 73.7 Å². The Balaban J connectivity index is 2.09. The van der Waals surface area contributed by atoms with E-state index < -0.39 is 5.97 Å². The first kappa shape index (κ1) is 14.5. The Hall–Kier alpha value is -1.95. The minimum Gasteiger partial charge on any atom is -0.478 e. The lowest BCUT2D eigenvalue weighted by molar-refractivity contribution is 0.0676. The third-order valence-corrected chi connectivity index (χ3v) is 3.61. The Morgan fingerprint density at radius 3 is 2.90 bits per heavy atom. The Bertz CT molecular complexity index is 518. The molecule has 0 radical (unpaired) electrons. The second-order valence-corrected chi connectivity index (χ2v) is 5.31. The summed E-state index contributed by atoms with van der Waals surface area (Å²) in [5.41, 5.74) is -0.0401. The largest absolute Gasteiger partial charge is 0.478 e. The highest BCUT2D eigenvalue weighted by atomic mass is 16.4. The average molecular weight is 277 g/mol. The Morgan fingerprint density at radius 1 is 1.55 bits per heavy atom. The lowest BCUT2D eigenvalue weighted by atomic mass is 10.1. The molecule has 20 heavy (non-hydrogen) atoms. The van der Waals surface area contributed by atoms with E-state index >= 15 is 0 Å². The lowest BCUT2D eigenvalue weighted by Gasteiger charge is -2.21. The maximum absolute atomic E-state index is 12.3. The smallest absolute Gasteiger partial charge is 0.338 e. The van der Waals surface area contributed by atoms with Crippen molar-refractivity contribution in [3.8, 4) is 0 Å². The molecule has 0 saturated carbocycles. The molecule has 0 bridgehead atoms. The van der Waals surface area contributed by atoms with Gasteiger partial charge >= 0.3 is 5.97 Å². The van der Waals surface area contributed by atoms with Crippen molar-refractivity contribution in [1.29, 1.82) is 0 Å². The van der Waals surface area contributed by atoms with Gasteiger partial charge in [0.05, 0.1) is 5.56 Å². The number of hydrogen-bond donors (Lipinski definition) is 1. The van der Waals surface area contributed by atoms with Crippen molar-refractivity contribution in [1.82, 2.24) is 14.8 Å². The van der Waals surface area contributed by atoms with E-state index in [2.05, 4.69) is 16.9 Å². The second-order valence-electron chi connectivity index (χ2n) is 5.31. The van der Waals surface area contributed by atoms with Gasteiger partial charge in [-0.25, -0.2) is 4.79 Å². The van der Waals surface area contributed by atoms with Gasteiger partial charge in [-0.15, -0.1) is 0 Å². The van der Waals surface area contributed by atoms with Gasteiger partial charge in [-0.05, 0) is 38.1 Å². The summed E-state index contributed by atoms with van der Waals surface area (Å²) in [7, 11) is 3.75. The molecule has 1 unspecified atom stereocenters. The third kappa shape index (κ3) is 3.14. The van der Waals surface area contributed by atoms with Crippen LogP contribution in [0.25, 0.3) is 0 Å². The van der Waals surface area contributed by atoms with Crippen LogP contribution in [0.15, 0.2) is 18.3 Å². The number of pyridine rings is 1. The van der Waals surface area contributed by atoms with E-state index in [0.717, 1.165) is 19.5 Å². The summed E-state index contributed by atoms with van der Waals surface area (Å²) in [5, 5.41) is 9.10. The molecular formula is C14H19N3O3. The van der Waals surface area contributed by atoms with E-state index in [-0.39, 0.29) is 17.2 Å². The van der Waals surface area contributed by atoms with Crippen LogP contribution in [0, 0.1) is 5.92 Å². The Labute approximate surface area is 118 Å². The van der Waals surface area contributed by atoms with Gasteiger partial charge in [0.25, 0.3) is 5.91 Å². The van der Waals surface area contributed by atoms with Crippen LogP contribution in [0.4, 0.5) is 0 Å². The molecule has 1 aliphatic rings. The minimum atomic E-state index is -1.13. The van der Waals surface area contributed by atoms with E-state index in [0.29, 0.717) is 12.5 Å². The highest BCUT2D eigenvalue weighted by Gasteiger charge is 2.25. The van der Waals surface area contributed by atoms with E-state index in [9.17, 15) is 9.59 Å². The van der Waals surface area contributed by atoms with Crippen molar-refractivity contribution >= 4 is 11.9 Å². The fourth-order valence-electron chi connectivity index (χ4n) is 2.57. The number of carboxylic acid groups (broad SMARTS) is 1. The van der Waals surface area contributed by atoms with Crippen LogP contribution in [-0.4, -0.2) is 65.5 Å². The fraction of sp³-hybridized carbons (Fsp3) is 0.500. The van der Waals surface area contributed by atoms with Crippen LogP contribution in [0.1, 0.15) is 27.3 Å². The zero-order chi connectivity index (χ0) is 14.7. The molecule has 1 atom stereocenters. The van der Waals surface area contributed by atoms with E-state index in [1.807, 2.05) is 0 Å². The van der Waals surface area contributed by atoms with Gasteiger partial charge in [-0.2, -0.15) is 0 Å². The first-order valence-corrected chi connectivity index (χ1v) is 6.61. The van der Waals surface area contributed by atoms with Crippen LogP contribution in [0.5, 0.6) is 0 Å². The number of hydrogen-bond acceptors (Lipinski definition) is 4. The zero-order valence-corrected chi connectivity index (χ0v) is 11.7. The number of aromatic nitrogens is 1. The maximum Gasteiger partial charge on any atom is 0.338 e. The van der Waals surface area contributed by atoms with Crippen LogP contribution < -0.4 is 0 Å². The molecule has 1 aromatic rings. The van der Waals surface area contributed by atoms with Crippen LogP contribution >= 0.6 is 0 Å².